The summed E-state index contributed by atoms with van der Waals surface area (Å²) >= 11 is 3.44. The van der Waals surface area contributed by atoms with Gasteiger partial charge in [0.25, 0.3) is 0 Å². The second kappa shape index (κ2) is 7.21. The minimum atomic E-state index is -0.189. The van der Waals surface area contributed by atoms with Crippen molar-refractivity contribution < 1.29 is 4.79 Å². The van der Waals surface area contributed by atoms with Gasteiger partial charge in [-0.1, -0.05) is 53.5 Å². The third kappa shape index (κ3) is 4.92. The molecule has 0 saturated carbocycles. The number of carbonyl (C=O) groups excluding carboxylic acids is 1. The van der Waals surface area contributed by atoms with Gasteiger partial charge in [0.15, 0.2) is 0 Å². The van der Waals surface area contributed by atoms with Gasteiger partial charge in [0.2, 0.25) is 0 Å². The molecule has 98 valence electrons. The molecule has 0 fully saturated rings. The summed E-state index contributed by atoms with van der Waals surface area (Å²) in [5.41, 5.74) is 2.20. The molecule has 0 aromatic heterocycles. The van der Waals surface area contributed by atoms with E-state index in [2.05, 4.69) is 40.4 Å². The largest absolute Gasteiger partial charge is 0.334 e. The summed E-state index contributed by atoms with van der Waals surface area (Å²) < 4.78 is 0.999. The molecule has 0 atom stereocenters. The third-order valence-electron chi connectivity index (χ3n) is 2.74. The summed E-state index contributed by atoms with van der Waals surface area (Å²) in [6, 6.07) is 7.63. The lowest BCUT2D eigenvalue weighted by Crippen LogP contribution is -2.32. The van der Waals surface area contributed by atoms with Gasteiger partial charge in [0, 0.05) is 17.2 Å². The number of allylic oxidation sites excluding steroid dienone is 1. The maximum Gasteiger partial charge on any atom is 0.319 e. The minimum Gasteiger partial charge on any atom is -0.334 e. The van der Waals surface area contributed by atoms with Crippen LogP contribution in [-0.4, -0.2) is 6.03 Å². The predicted octanol–water partition coefficient (Wildman–Crippen LogP) is 3.81. The van der Waals surface area contributed by atoms with E-state index in [1.807, 2.05) is 31.2 Å². The Hall–Kier alpha value is -1.29. The molecule has 0 aliphatic heterocycles. The van der Waals surface area contributed by atoms with Gasteiger partial charge < -0.3 is 10.6 Å². The second-order valence-electron chi connectivity index (χ2n) is 4.46. The van der Waals surface area contributed by atoms with E-state index in [1.165, 1.54) is 0 Å². The average molecular weight is 311 g/mol. The zero-order chi connectivity index (χ0) is 13.5. The highest BCUT2D eigenvalue weighted by molar-refractivity contribution is 9.10. The van der Waals surface area contributed by atoms with Gasteiger partial charge in [-0.15, -0.1) is 0 Å². The number of hydrogen-bond donors (Lipinski definition) is 2. The molecule has 0 radical (unpaired) electrons. The molecule has 0 aliphatic rings. The fourth-order valence-corrected chi connectivity index (χ4v) is 1.64. The number of amides is 2. The Morgan fingerprint density at radius 2 is 2.06 bits per heavy atom. The number of nitrogens with one attached hydrogen (secondary N) is 2. The molecule has 18 heavy (non-hydrogen) atoms. The molecule has 0 spiro atoms. The number of rotatable bonds is 4. The van der Waals surface area contributed by atoms with Gasteiger partial charge in [-0.2, -0.15) is 0 Å². The van der Waals surface area contributed by atoms with Gasteiger partial charge in [0.05, 0.1) is 0 Å². The Bertz CT molecular complexity index is 441. The lowest BCUT2D eigenvalue weighted by Gasteiger charge is -2.08. The smallest absolute Gasteiger partial charge is 0.319 e. The SMILES string of the molecule is C/C(=C\NC(=O)NCc1ccccc1Br)C(C)C. The van der Waals surface area contributed by atoms with Crippen LogP contribution in [0, 0.1) is 5.92 Å². The zero-order valence-corrected chi connectivity index (χ0v) is 12.5. The summed E-state index contributed by atoms with van der Waals surface area (Å²) in [7, 11) is 0. The van der Waals surface area contributed by atoms with Crippen LogP contribution in [-0.2, 0) is 6.54 Å². The van der Waals surface area contributed by atoms with Crippen molar-refractivity contribution >= 4 is 22.0 Å². The van der Waals surface area contributed by atoms with Crippen molar-refractivity contribution in [2.75, 3.05) is 0 Å². The van der Waals surface area contributed by atoms with Crippen LogP contribution in [0.1, 0.15) is 26.3 Å². The second-order valence-corrected chi connectivity index (χ2v) is 5.32. The molecule has 1 rings (SSSR count). The first-order valence-corrected chi connectivity index (χ1v) is 6.74. The van der Waals surface area contributed by atoms with Crippen molar-refractivity contribution in [1.82, 2.24) is 10.6 Å². The maximum atomic E-state index is 11.6. The first-order chi connectivity index (χ1) is 8.50. The lowest BCUT2D eigenvalue weighted by molar-refractivity contribution is 0.243. The van der Waals surface area contributed by atoms with Crippen molar-refractivity contribution in [3.63, 3.8) is 0 Å². The Kier molecular flexibility index (Phi) is 5.92. The Morgan fingerprint density at radius 1 is 1.39 bits per heavy atom. The number of urea groups is 1. The summed E-state index contributed by atoms with van der Waals surface area (Å²) in [5.74, 6) is 0.438. The Labute approximate surface area is 117 Å². The summed E-state index contributed by atoms with van der Waals surface area (Å²) in [6.07, 6.45) is 1.75. The summed E-state index contributed by atoms with van der Waals surface area (Å²) in [4.78, 5) is 11.6. The van der Waals surface area contributed by atoms with E-state index in [0.29, 0.717) is 12.5 Å². The van der Waals surface area contributed by atoms with Crippen LogP contribution in [0.15, 0.2) is 40.5 Å². The van der Waals surface area contributed by atoms with Crippen molar-refractivity contribution in [3.8, 4) is 0 Å². The van der Waals surface area contributed by atoms with E-state index in [9.17, 15) is 4.79 Å². The maximum absolute atomic E-state index is 11.6. The lowest BCUT2D eigenvalue weighted by atomic mass is 10.1. The standard InChI is InChI=1S/C14H19BrN2O/c1-10(2)11(3)8-16-14(18)17-9-12-6-4-5-7-13(12)15/h4-8,10H,9H2,1-3H3,(H2,16,17,18)/b11-8+. The molecular formula is C14H19BrN2O. The van der Waals surface area contributed by atoms with Gasteiger partial charge >= 0.3 is 6.03 Å². The van der Waals surface area contributed by atoms with Gasteiger partial charge in [-0.25, -0.2) is 4.79 Å². The van der Waals surface area contributed by atoms with E-state index < -0.39 is 0 Å². The number of halogens is 1. The Balaban J connectivity index is 2.43. The fourth-order valence-electron chi connectivity index (χ4n) is 1.21. The van der Waals surface area contributed by atoms with Crippen LogP contribution >= 0.6 is 15.9 Å². The summed E-state index contributed by atoms with van der Waals surface area (Å²) in [6.45, 7) is 6.68. The highest BCUT2D eigenvalue weighted by Crippen LogP contribution is 2.15. The molecule has 0 heterocycles. The normalized spacial score (nSPS) is 11.5. The van der Waals surface area contributed by atoms with Crippen molar-refractivity contribution in [3.05, 3.63) is 46.1 Å². The summed E-state index contributed by atoms with van der Waals surface area (Å²) in [5, 5.41) is 5.54. The van der Waals surface area contributed by atoms with Crippen molar-refractivity contribution in [2.24, 2.45) is 5.92 Å². The monoisotopic (exact) mass is 310 g/mol. The first-order valence-electron chi connectivity index (χ1n) is 5.95. The average Bonchev–Trinajstić information content (AvgIpc) is 2.34. The number of benzene rings is 1. The van der Waals surface area contributed by atoms with Crippen LogP contribution < -0.4 is 10.6 Å². The van der Waals surface area contributed by atoms with Crippen LogP contribution in [0.5, 0.6) is 0 Å². The first kappa shape index (κ1) is 14.8. The molecule has 1 aromatic carbocycles. The van der Waals surface area contributed by atoms with Crippen LogP contribution in [0.25, 0.3) is 0 Å². The number of carbonyl (C=O) groups is 1. The van der Waals surface area contributed by atoms with E-state index in [4.69, 9.17) is 0 Å². The molecule has 0 aliphatic carbocycles. The predicted molar refractivity (Wildman–Crippen MR) is 78.1 cm³/mol. The molecule has 1 aromatic rings. The van der Waals surface area contributed by atoms with Crippen LogP contribution in [0.2, 0.25) is 0 Å². The molecule has 0 saturated heterocycles. The molecule has 0 unspecified atom stereocenters. The molecule has 0 bridgehead atoms. The van der Waals surface area contributed by atoms with Crippen molar-refractivity contribution in [2.45, 2.75) is 27.3 Å². The van der Waals surface area contributed by atoms with E-state index in [-0.39, 0.29) is 6.03 Å². The van der Waals surface area contributed by atoms with Crippen LogP contribution in [0.4, 0.5) is 4.79 Å². The van der Waals surface area contributed by atoms with Crippen molar-refractivity contribution in [1.29, 1.82) is 0 Å². The van der Waals surface area contributed by atoms with E-state index in [1.54, 1.807) is 6.20 Å². The van der Waals surface area contributed by atoms with Crippen LogP contribution in [0.3, 0.4) is 0 Å². The molecule has 4 heteroatoms. The van der Waals surface area contributed by atoms with E-state index >= 15 is 0 Å². The molecule has 2 amide bonds. The Morgan fingerprint density at radius 3 is 2.67 bits per heavy atom. The number of hydrogen-bond acceptors (Lipinski definition) is 1. The minimum absolute atomic E-state index is 0.189. The van der Waals surface area contributed by atoms with Gasteiger partial charge in [-0.3, -0.25) is 0 Å². The zero-order valence-electron chi connectivity index (χ0n) is 11.0. The third-order valence-corrected chi connectivity index (χ3v) is 3.51. The van der Waals surface area contributed by atoms with E-state index in [0.717, 1.165) is 15.6 Å². The molecular weight excluding hydrogens is 292 g/mol. The molecule has 2 N–H and O–H groups in total. The molecule has 3 nitrogen and oxygen atoms in total. The highest BCUT2D eigenvalue weighted by atomic mass is 79.9. The fraction of sp³-hybridized carbons (Fsp3) is 0.357. The van der Waals surface area contributed by atoms with Gasteiger partial charge in [0.1, 0.15) is 0 Å². The highest BCUT2D eigenvalue weighted by Gasteiger charge is 2.02. The van der Waals surface area contributed by atoms with Gasteiger partial charge in [-0.05, 0) is 24.5 Å². The quantitative estimate of drug-likeness (QED) is 0.872. The topological polar surface area (TPSA) is 41.1 Å².